The van der Waals surface area contributed by atoms with E-state index in [-0.39, 0.29) is 11.3 Å². The second kappa shape index (κ2) is 8.56. The van der Waals surface area contributed by atoms with Crippen LogP contribution in [0, 0.1) is 0 Å². The SMILES string of the molecule is COc1cccc2cc(C(=O)C3=C(O)C(=O)N(CCCN(C)C)[C@@H]3c3cccs3)oc12. The van der Waals surface area contributed by atoms with Gasteiger partial charge in [-0.15, -0.1) is 11.3 Å². The standard InChI is InChI=1S/C23H24N2O5S/c1-24(2)10-6-11-25-19(17-9-5-12-31-17)18(21(27)23(25)28)20(26)16-13-14-7-4-8-15(29-3)22(14)30-16/h4-5,7-9,12-13,19,27H,6,10-11H2,1-3H3/t19-/m1/s1. The van der Waals surface area contributed by atoms with Crippen LogP contribution in [-0.2, 0) is 4.79 Å². The van der Waals surface area contributed by atoms with Crippen molar-refractivity contribution < 1.29 is 23.8 Å². The molecule has 4 rings (SSSR count). The summed E-state index contributed by atoms with van der Waals surface area (Å²) >= 11 is 1.44. The molecule has 0 saturated heterocycles. The van der Waals surface area contributed by atoms with Gasteiger partial charge < -0.3 is 24.1 Å². The first kappa shape index (κ1) is 21.1. The molecule has 0 saturated carbocycles. The number of aliphatic hydroxyl groups is 1. The monoisotopic (exact) mass is 440 g/mol. The number of ketones is 1. The molecule has 0 radical (unpaired) electrons. The van der Waals surface area contributed by atoms with Crippen molar-refractivity contribution >= 4 is 34.0 Å². The minimum absolute atomic E-state index is 0.0512. The Morgan fingerprint density at radius 2 is 2.10 bits per heavy atom. The summed E-state index contributed by atoms with van der Waals surface area (Å²) in [5, 5.41) is 13.3. The summed E-state index contributed by atoms with van der Waals surface area (Å²) in [6.45, 7) is 1.21. The van der Waals surface area contributed by atoms with Crippen molar-refractivity contribution in [2.75, 3.05) is 34.3 Å². The van der Waals surface area contributed by atoms with E-state index in [0.29, 0.717) is 23.3 Å². The molecule has 3 aromatic rings. The number of para-hydroxylation sites is 1. The maximum atomic E-state index is 13.5. The summed E-state index contributed by atoms with van der Waals surface area (Å²) in [4.78, 5) is 30.8. The van der Waals surface area contributed by atoms with Crippen molar-refractivity contribution in [1.29, 1.82) is 0 Å². The zero-order valence-corrected chi connectivity index (χ0v) is 18.4. The highest BCUT2D eigenvalue weighted by atomic mass is 32.1. The van der Waals surface area contributed by atoms with Gasteiger partial charge in [0, 0.05) is 16.8 Å². The van der Waals surface area contributed by atoms with Crippen LogP contribution < -0.4 is 4.74 Å². The Morgan fingerprint density at radius 1 is 1.29 bits per heavy atom. The largest absolute Gasteiger partial charge is 0.503 e. The highest BCUT2D eigenvalue weighted by molar-refractivity contribution is 7.10. The number of methoxy groups -OCH3 is 1. The molecule has 1 atom stereocenters. The number of aliphatic hydroxyl groups excluding tert-OH is 1. The van der Waals surface area contributed by atoms with Gasteiger partial charge in [0.25, 0.3) is 5.91 Å². The predicted octanol–water partition coefficient (Wildman–Crippen LogP) is 4.03. The summed E-state index contributed by atoms with van der Waals surface area (Å²) in [7, 11) is 5.45. The quantitative estimate of drug-likeness (QED) is 0.533. The number of amides is 1. The fourth-order valence-corrected chi connectivity index (χ4v) is 4.70. The van der Waals surface area contributed by atoms with Crippen LogP contribution in [0.5, 0.6) is 5.75 Å². The van der Waals surface area contributed by atoms with E-state index in [1.165, 1.54) is 18.4 Å². The van der Waals surface area contributed by atoms with Gasteiger partial charge in [0.15, 0.2) is 22.9 Å². The van der Waals surface area contributed by atoms with E-state index in [9.17, 15) is 14.7 Å². The average Bonchev–Trinajstić information content (AvgIpc) is 3.47. The highest BCUT2D eigenvalue weighted by Crippen LogP contribution is 2.41. The van der Waals surface area contributed by atoms with Crippen molar-refractivity contribution in [3.8, 4) is 5.75 Å². The minimum Gasteiger partial charge on any atom is -0.503 e. The molecule has 0 unspecified atom stereocenters. The molecule has 0 fully saturated rings. The summed E-state index contributed by atoms with van der Waals surface area (Å²) in [5.41, 5.74) is 0.503. The Morgan fingerprint density at radius 3 is 2.77 bits per heavy atom. The van der Waals surface area contributed by atoms with Gasteiger partial charge in [-0.2, -0.15) is 0 Å². The Kier molecular flexibility index (Phi) is 5.84. The van der Waals surface area contributed by atoms with Gasteiger partial charge in [0.05, 0.1) is 18.7 Å². The third-order valence-corrected chi connectivity index (χ3v) is 6.24. The molecule has 1 aromatic carbocycles. The van der Waals surface area contributed by atoms with Crippen LogP contribution in [0.2, 0.25) is 0 Å². The van der Waals surface area contributed by atoms with Crippen LogP contribution in [0.4, 0.5) is 0 Å². The first-order valence-electron chi connectivity index (χ1n) is 9.96. The van der Waals surface area contributed by atoms with E-state index in [4.69, 9.17) is 9.15 Å². The zero-order chi connectivity index (χ0) is 22.1. The van der Waals surface area contributed by atoms with Gasteiger partial charge in [-0.05, 0) is 50.6 Å². The number of furan rings is 1. The third-order valence-electron chi connectivity index (χ3n) is 5.32. The second-order valence-corrected chi connectivity index (χ2v) is 8.63. The number of nitrogens with zero attached hydrogens (tertiary/aromatic N) is 2. The lowest BCUT2D eigenvalue weighted by atomic mass is 10.00. The maximum absolute atomic E-state index is 13.5. The van der Waals surface area contributed by atoms with Crippen LogP contribution in [0.15, 0.2) is 57.5 Å². The van der Waals surface area contributed by atoms with Gasteiger partial charge in [-0.25, -0.2) is 0 Å². The molecule has 0 spiro atoms. The minimum atomic E-state index is -0.641. The van der Waals surface area contributed by atoms with Gasteiger partial charge in [0.2, 0.25) is 5.78 Å². The molecule has 7 nitrogen and oxygen atoms in total. The second-order valence-electron chi connectivity index (χ2n) is 7.65. The number of fused-ring (bicyclic) bond motifs is 1. The number of thiophene rings is 1. The summed E-state index contributed by atoms with van der Waals surface area (Å²) < 4.78 is 11.1. The van der Waals surface area contributed by atoms with Crippen molar-refractivity contribution in [3.05, 3.63) is 63.7 Å². The molecule has 1 aliphatic rings. The Bertz CT molecular complexity index is 1150. The fraction of sp³-hybridized carbons (Fsp3) is 0.304. The Hall–Kier alpha value is -3.10. The first-order valence-corrected chi connectivity index (χ1v) is 10.8. The number of carbonyl (C=O) groups excluding carboxylic acids is 2. The molecular weight excluding hydrogens is 416 g/mol. The number of hydrogen-bond acceptors (Lipinski definition) is 7. The lowest BCUT2D eigenvalue weighted by molar-refractivity contribution is -0.129. The van der Waals surface area contributed by atoms with E-state index in [1.807, 2.05) is 48.6 Å². The normalized spacial score (nSPS) is 16.7. The summed E-state index contributed by atoms with van der Waals surface area (Å²) in [6, 6.07) is 10.1. The molecule has 31 heavy (non-hydrogen) atoms. The highest BCUT2D eigenvalue weighted by Gasteiger charge is 2.44. The molecule has 162 valence electrons. The van der Waals surface area contributed by atoms with Crippen LogP contribution in [0.3, 0.4) is 0 Å². The van der Waals surface area contributed by atoms with Crippen molar-refractivity contribution in [2.45, 2.75) is 12.5 Å². The number of benzene rings is 1. The van der Waals surface area contributed by atoms with Gasteiger partial charge in [-0.3, -0.25) is 9.59 Å². The van der Waals surface area contributed by atoms with Crippen LogP contribution in [-0.4, -0.2) is 60.9 Å². The molecule has 3 heterocycles. The lowest BCUT2D eigenvalue weighted by Crippen LogP contribution is -2.33. The van der Waals surface area contributed by atoms with Crippen molar-refractivity contribution in [1.82, 2.24) is 9.80 Å². The molecule has 1 amide bonds. The Balaban J connectivity index is 1.73. The first-order chi connectivity index (χ1) is 14.9. The lowest BCUT2D eigenvalue weighted by Gasteiger charge is -2.26. The van der Waals surface area contributed by atoms with Crippen LogP contribution in [0.1, 0.15) is 27.9 Å². The van der Waals surface area contributed by atoms with E-state index in [0.717, 1.165) is 17.8 Å². The molecule has 0 bridgehead atoms. The average molecular weight is 441 g/mol. The van der Waals surface area contributed by atoms with Gasteiger partial charge >= 0.3 is 0 Å². The number of Topliss-reactive ketones (excluding diaryl/α,β-unsaturated/α-hetero) is 1. The molecular formula is C23H24N2O5S. The summed E-state index contributed by atoms with van der Waals surface area (Å²) in [6.07, 6.45) is 0.719. The molecule has 1 aliphatic heterocycles. The molecule has 2 aromatic heterocycles. The van der Waals surface area contributed by atoms with Crippen LogP contribution >= 0.6 is 11.3 Å². The maximum Gasteiger partial charge on any atom is 0.290 e. The van der Waals surface area contributed by atoms with Gasteiger partial charge in [0.1, 0.15) is 0 Å². The number of rotatable bonds is 8. The van der Waals surface area contributed by atoms with Gasteiger partial charge in [-0.1, -0.05) is 18.2 Å². The predicted molar refractivity (Wildman–Crippen MR) is 119 cm³/mol. The molecule has 8 heteroatoms. The number of carbonyl (C=O) groups is 2. The molecule has 0 aliphatic carbocycles. The fourth-order valence-electron chi connectivity index (χ4n) is 3.86. The smallest absolute Gasteiger partial charge is 0.290 e. The van der Waals surface area contributed by atoms with E-state index in [1.54, 1.807) is 17.0 Å². The van der Waals surface area contributed by atoms with E-state index >= 15 is 0 Å². The van der Waals surface area contributed by atoms with E-state index in [2.05, 4.69) is 0 Å². The third kappa shape index (κ3) is 3.84. The van der Waals surface area contributed by atoms with Crippen LogP contribution in [0.25, 0.3) is 11.0 Å². The zero-order valence-electron chi connectivity index (χ0n) is 17.6. The summed E-state index contributed by atoms with van der Waals surface area (Å²) in [5.74, 6) is -0.976. The van der Waals surface area contributed by atoms with Crippen molar-refractivity contribution in [2.24, 2.45) is 0 Å². The number of hydrogen-bond donors (Lipinski definition) is 1. The number of ether oxygens (including phenoxy) is 1. The van der Waals surface area contributed by atoms with E-state index < -0.39 is 23.5 Å². The molecule has 1 N–H and O–H groups in total. The Labute approximate surface area is 184 Å². The van der Waals surface area contributed by atoms with Crippen molar-refractivity contribution in [3.63, 3.8) is 0 Å². The topological polar surface area (TPSA) is 83.2 Å².